The number of nitro benzene ring substituents is 1. The zero-order valence-corrected chi connectivity index (χ0v) is 7.44. The number of nitrogens with zero attached hydrogens (tertiary/aromatic N) is 3. The summed E-state index contributed by atoms with van der Waals surface area (Å²) in [5, 5.41) is 32.9. The second-order valence-electron chi connectivity index (χ2n) is 2.50. The van der Waals surface area contributed by atoms with Gasteiger partial charge >= 0.3 is 0 Å². The molecule has 1 aromatic carbocycles. The lowest BCUT2D eigenvalue weighted by Gasteiger charge is -1.99. The molecule has 0 bridgehead atoms. The van der Waals surface area contributed by atoms with E-state index in [1.165, 1.54) is 18.2 Å². The zero-order valence-electron chi connectivity index (χ0n) is 7.44. The van der Waals surface area contributed by atoms with E-state index in [-0.39, 0.29) is 17.0 Å². The zero-order chi connectivity index (χ0) is 11.3. The topological polar surface area (TPSA) is 108 Å². The predicted molar refractivity (Wildman–Crippen MR) is 51.7 cm³/mol. The van der Waals surface area contributed by atoms with E-state index in [9.17, 15) is 10.1 Å². The van der Waals surface area contributed by atoms with E-state index in [2.05, 4.69) is 10.3 Å². The van der Waals surface area contributed by atoms with Crippen molar-refractivity contribution in [3.8, 4) is 0 Å². The van der Waals surface area contributed by atoms with Gasteiger partial charge in [0.2, 0.25) is 0 Å². The molecule has 0 atom stereocenters. The van der Waals surface area contributed by atoms with Gasteiger partial charge in [0.05, 0.1) is 16.7 Å². The Morgan fingerprint density at radius 3 is 2.60 bits per heavy atom. The average Bonchev–Trinajstić information content (AvgIpc) is 2.26. The fraction of sp³-hybridized carbons (Fsp3) is 0. The molecule has 78 valence electrons. The third-order valence-electron chi connectivity index (χ3n) is 1.66. The maximum Gasteiger partial charge on any atom is 0.278 e. The molecule has 0 heterocycles. The molecule has 0 amide bonds. The van der Waals surface area contributed by atoms with Crippen LogP contribution in [0.2, 0.25) is 0 Å². The van der Waals surface area contributed by atoms with Gasteiger partial charge in [-0.15, -0.1) is 0 Å². The summed E-state index contributed by atoms with van der Waals surface area (Å²) >= 11 is 0. The molecule has 0 saturated carbocycles. The summed E-state index contributed by atoms with van der Waals surface area (Å²) in [7, 11) is 0. The number of rotatable bonds is 3. The fourth-order valence-corrected chi connectivity index (χ4v) is 1.05. The Balaban J connectivity index is 3.29. The van der Waals surface area contributed by atoms with Gasteiger partial charge in [-0.1, -0.05) is 22.4 Å². The summed E-state index contributed by atoms with van der Waals surface area (Å²) in [5.74, 6) is 0. The number of hydrogen-bond donors (Lipinski definition) is 2. The van der Waals surface area contributed by atoms with Gasteiger partial charge in [-0.3, -0.25) is 10.1 Å². The molecule has 0 aliphatic rings. The molecule has 1 rings (SSSR count). The van der Waals surface area contributed by atoms with Crippen molar-refractivity contribution in [3.63, 3.8) is 0 Å². The Morgan fingerprint density at radius 2 is 2.07 bits per heavy atom. The van der Waals surface area contributed by atoms with Crippen LogP contribution in [-0.4, -0.2) is 27.3 Å². The summed E-state index contributed by atoms with van der Waals surface area (Å²) in [6, 6.07) is 5.66. The first-order valence-electron chi connectivity index (χ1n) is 3.84. The van der Waals surface area contributed by atoms with Gasteiger partial charge in [-0.05, 0) is 6.07 Å². The van der Waals surface area contributed by atoms with Crippen molar-refractivity contribution in [1.29, 1.82) is 0 Å². The molecule has 0 unspecified atom stereocenters. The molecule has 2 N–H and O–H groups in total. The van der Waals surface area contributed by atoms with Crippen molar-refractivity contribution >= 4 is 17.6 Å². The maximum atomic E-state index is 10.6. The molecule has 0 aromatic heterocycles. The highest BCUT2D eigenvalue weighted by Crippen LogP contribution is 2.17. The van der Waals surface area contributed by atoms with Gasteiger partial charge < -0.3 is 10.4 Å². The van der Waals surface area contributed by atoms with Crippen LogP contribution in [0.4, 0.5) is 5.69 Å². The van der Waals surface area contributed by atoms with Gasteiger partial charge in [0.25, 0.3) is 5.69 Å². The van der Waals surface area contributed by atoms with Crippen LogP contribution in [0.5, 0.6) is 0 Å². The van der Waals surface area contributed by atoms with Crippen LogP contribution in [0.1, 0.15) is 5.56 Å². The van der Waals surface area contributed by atoms with Crippen LogP contribution in [0.3, 0.4) is 0 Å². The van der Waals surface area contributed by atoms with Gasteiger partial charge in [-0.2, -0.15) is 0 Å². The number of benzene rings is 1. The smallest absolute Gasteiger partial charge is 0.278 e. The highest BCUT2D eigenvalue weighted by molar-refractivity contribution is 6.38. The third-order valence-corrected chi connectivity index (χ3v) is 1.66. The fourth-order valence-electron chi connectivity index (χ4n) is 1.05. The summed E-state index contributed by atoms with van der Waals surface area (Å²) in [5.41, 5.74) is -0.349. The van der Waals surface area contributed by atoms with Crippen molar-refractivity contribution in [1.82, 2.24) is 0 Å². The summed E-state index contributed by atoms with van der Waals surface area (Å²) in [4.78, 5) is 9.99. The van der Waals surface area contributed by atoms with E-state index in [0.717, 1.165) is 6.21 Å². The van der Waals surface area contributed by atoms with Crippen LogP contribution in [0.15, 0.2) is 34.6 Å². The molecular formula is C8H7N3O4. The summed E-state index contributed by atoms with van der Waals surface area (Å²) in [6.45, 7) is 0. The molecule has 0 fully saturated rings. The minimum Gasteiger partial charge on any atom is -0.411 e. The second-order valence-corrected chi connectivity index (χ2v) is 2.50. The first-order chi connectivity index (χ1) is 7.20. The van der Waals surface area contributed by atoms with E-state index in [4.69, 9.17) is 10.4 Å². The Labute approximate surface area is 84.1 Å². The number of oxime groups is 2. The molecule has 0 aliphatic heterocycles. The van der Waals surface area contributed by atoms with Crippen molar-refractivity contribution in [2.75, 3.05) is 0 Å². The molecule has 0 radical (unpaired) electrons. The van der Waals surface area contributed by atoms with E-state index in [1.807, 2.05) is 0 Å². The Bertz CT molecular complexity index is 428. The van der Waals surface area contributed by atoms with Crippen LogP contribution in [-0.2, 0) is 0 Å². The molecule has 0 spiro atoms. The average molecular weight is 209 g/mol. The second kappa shape index (κ2) is 4.70. The van der Waals surface area contributed by atoms with Crippen molar-refractivity contribution in [2.24, 2.45) is 10.3 Å². The summed E-state index contributed by atoms with van der Waals surface area (Å²) in [6.07, 6.45) is 0.808. The Hall–Kier alpha value is -2.44. The first-order valence-corrected chi connectivity index (χ1v) is 3.84. The van der Waals surface area contributed by atoms with Crippen LogP contribution in [0, 0.1) is 10.1 Å². The van der Waals surface area contributed by atoms with Crippen LogP contribution < -0.4 is 0 Å². The largest absolute Gasteiger partial charge is 0.411 e. The van der Waals surface area contributed by atoms with E-state index >= 15 is 0 Å². The molecule has 7 nitrogen and oxygen atoms in total. The van der Waals surface area contributed by atoms with Gasteiger partial charge in [-0.25, -0.2) is 0 Å². The SMILES string of the molecule is O=[N+]([O-])c1ccccc1C(/C=N\O)=N/O. The normalized spacial score (nSPS) is 11.9. The lowest BCUT2D eigenvalue weighted by atomic mass is 10.1. The quantitative estimate of drug-likeness (QED) is 0.337. The monoisotopic (exact) mass is 209 g/mol. The number of hydrogen-bond acceptors (Lipinski definition) is 6. The predicted octanol–water partition coefficient (Wildman–Crippen LogP) is 1.23. The lowest BCUT2D eigenvalue weighted by molar-refractivity contribution is -0.385. The standard InChI is InChI=1S/C8H7N3O4/c12-9-5-7(10-13)6-3-1-2-4-8(6)11(14)15/h1-5,12-13H/b9-5-,10-7+. The lowest BCUT2D eigenvalue weighted by Crippen LogP contribution is -2.06. The van der Waals surface area contributed by atoms with Crippen LogP contribution in [0.25, 0.3) is 0 Å². The first kappa shape index (κ1) is 10.6. The van der Waals surface area contributed by atoms with Gasteiger partial charge in [0.1, 0.15) is 5.71 Å². The number of para-hydroxylation sites is 1. The van der Waals surface area contributed by atoms with Crippen molar-refractivity contribution in [2.45, 2.75) is 0 Å². The molecule has 0 aliphatic carbocycles. The summed E-state index contributed by atoms with van der Waals surface area (Å²) < 4.78 is 0. The minimum atomic E-state index is -0.619. The van der Waals surface area contributed by atoms with Crippen LogP contribution >= 0.6 is 0 Å². The van der Waals surface area contributed by atoms with Gasteiger partial charge in [0.15, 0.2) is 0 Å². The minimum absolute atomic E-state index is 0.0720. The third kappa shape index (κ3) is 2.27. The van der Waals surface area contributed by atoms with Crippen molar-refractivity contribution < 1.29 is 15.3 Å². The molecule has 0 saturated heterocycles. The molecule has 1 aromatic rings. The van der Waals surface area contributed by atoms with Gasteiger partial charge in [0, 0.05) is 6.07 Å². The van der Waals surface area contributed by atoms with E-state index in [1.54, 1.807) is 6.07 Å². The Morgan fingerprint density at radius 1 is 1.40 bits per heavy atom. The molecule has 15 heavy (non-hydrogen) atoms. The Kier molecular flexibility index (Phi) is 3.33. The highest BCUT2D eigenvalue weighted by Gasteiger charge is 2.16. The number of nitro groups is 1. The van der Waals surface area contributed by atoms with E-state index in [0.29, 0.717) is 0 Å². The molecule has 7 heteroatoms. The molecular weight excluding hydrogens is 202 g/mol. The highest BCUT2D eigenvalue weighted by atomic mass is 16.6. The van der Waals surface area contributed by atoms with E-state index < -0.39 is 4.92 Å². The maximum absolute atomic E-state index is 10.6. The van der Waals surface area contributed by atoms with Crippen molar-refractivity contribution in [3.05, 3.63) is 39.9 Å².